The predicted octanol–water partition coefficient (Wildman–Crippen LogP) is 1.46. The number of rotatable bonds is 7. The number of carbonyl (C=O) groups excluding carboxylic acids is 4. The maximum atomic E-state index is 12.4. The topological polar surface area (TPSA) is 108 Å². The van der Waals surface area contributed by atoms with Crippen LogP contribution in [-0.2, 0) is 23.9 Å². The van der Waals surface area contributed by atoms with Crippen LogP contribution < -0.4 is 9.47 Å². The molecule has 1 aliphatic heterocycles. The number of imide groups is 1. The molecule has 1 fully saturated rings. The van der Waals surface area contributed by atoms with Crippen molar-refractivity contribution < 1.29 is 38.1 Å². The molecule has 2 rings (SSSR count). The lowest BCUT2D eigenvalue weighted by Gasteiger charge is -2.13. The molecule has 0 spiro atoms. The monoisotopic (exact) mass is 395 g/mol. The van der Waals surface area contributed by atoms with Gasteiger partial charge in [0.15, 0.2) is 18.1 Å². The van der Waals surface area contributed by atoms with Gasteiger partial charge in [0.1, 0.15) is 6.54 Å². The fourth-order valence-electron chi connectivity index (χ4n) is 2.12. The minimum Gasteiger partial charge on any atom is -0.493 e. The largest absolute Gasteiger partial charge is 0.493 e. The zero-order valence-electron chi connectivity index (χ0n) is 14.8. The van der Waals surface area contributed by atoms with Gasteiger partial charge in [-0.05, 0) is 23.9 Å². The first-order valence-electron chi connectivity index (χ1n) is 7.60. The van der Waals surface area contributed by atoms with Crippen molar-refractivity contribution >= 4 is 40.9 Å². The number of nitrogens with zero attached hydrogens (tertiary/aromatic N) is 1. The van der Waals surface area contributed by atoms with E-state index in [1.807, 2.05) is 0 Å². The Morgan fingerprint density at radius 1 is 1.11 bits per heavy atom. The van der Waals surface area contributed by atoms with Crippen LogP contribution in [0.25, 0.3) is 6.08 Å². The molecule has 1 aliphatic rings. The molecule has 0 aromatic heterocycles. The number of ether oxygens (including phenoxy) is 4. The third-order valence-electron chi connectivity index (χ3n) is 3.47. The Morgan fingerprint density at radius 2 is 1.81 bits per heavy atom. The van der Waals surface area contributed by atoms with Crippen molar-refractivity contribution in [2.45, 2.75) is 0 Å². The predicted molar refractivity (Wildman–Crippen MR) is 95.2 cm³/mol. The first-order chi connectivity index (χ1) is 12.9. The number of thioether (sulfide) groups is 1. The van der Waals surface area contributed by atoms with Gasteiger partial charge in [-0.1, -0.05) is 12.1 Å². The average Bonchev–Trinajstić information content (AvgIpc) is 2.93. The highest BCUT2D eigenvalue weighted by atomic mass is 32.2. The molecule has 10 heteroatoms. The molecule has 0 bridgehead atoms. The van der Waals surface area contributed by atoms with Crippen LogP contribution in [0.4, 0.5) is 4.79 Å². The van der Waals surface area contributed by atoms with Crippen LogP contribution in [0.15, 0.2) is 23.1 Å². The maximum absolute atomic E-state index is 12.4. The second-order valence-corrected chi connectivity index (χ2v) is 6.08. The van der Waals surface area contributed by atoms with E-state index in [1.165, 1.54) is 27.4 Å². The van der Waals surface area contributed by atoms with Gasteiger partial charge in [0.25, 0.3) is 11.1 Å². The molecular formula is C17H17NO8S. The molecule has 0 atom stereocenters. The number of para-hydroxylation sites is 1. The summed E-state index contributed by atoms with van der Waals surface area (Å²) in [6, 6.07) is 4.91. The minimum atomic E-state index is -0.706. The molecule has 0 N–H and O–H groups in total. The summed E-state index contributed by atoms with van der Waals surface area (Å²) in [6.45, 7) is -0.830. The van der Waals surface area contributed by atoms with E-state index in [0.717, 1.165) is 4.90 Å². The lowest BCUT2D eigenvalue weighted by Crippen LogP contribution is -2.34. The SMILES string of the molecule is COC(=O)COc1c(/C=C2/SC(=O)N(CC(=O)OC)C2=O)cccc1OC. The van der Waals surface area contributed by atoms with Gasteiger partial charge in [0.05, 0.1) is 26.2 Å². The van der Waals surface area contributed by atoms with Crippen LogP contribution in [0.2, 0.25) is 0 Å². The number of hydrogen-bond acceptors (Lipinski definition) is 9. The fraction of sp³-hybridized carbons (Fsp3) is 0.294. The van der Waals surface area contributed by atoms with Crippen molar-refractivity contribution in [2.75, 3.05) is 34.5 Å². The van der Waals surface area contributed by atoms with Gasteiger partial charge in [-0.2, -0.15) is 0 Å². The van der Waals surface area contributed by atoms with Gasteiger partial charge in [-0.25, -0.2) is 4.79 Å². The molecule has 0 saturated carbocycles. The Kier molecular flexibility index (Phi) is 6.83. The number of amides is 2. The zero-order valence-corrected chi connectivity index (χ0v) is 15.7. The normalized spacial score (nSPS) is 15.1. The van der Waals surface area contributed by atoms with Gasteiger partial charge in [-0.15, -0.1) is 0 Å². The summed E-state index contributed by atoms with van der Waals surface area (Å²) in [5, 5.41) is -0.587. The van der Waals surface area contributed by atoms with E-state index in [1.54, 1.807) is 18.2 Å². The molecule has 1 aromatic rings. The Balaban J connectivity index is 2.32. The summed E-state index contributed by atoms with van der Waals surface area (Å²) < 4.78 is 19.7. The lowest BCUT2D eigenvalue weighted by atomic mass is 10.1. The summed E-state index contributed by atoms with van der Waals surface area (Å²) >= 11 is 0.683. The van der Waals surface area contributed by atoms with Crippen LogP contribution in [-0.4, -0.2) is 62.5 Å². The summed E-state index contributed by atoms with van der Waals surface area (Å²) in [7, 11) is 3.82. The summed E-state index contributed by atoms with van der Waals surface area (Å²) in [4.78, 5) is 48.0. The van der Waals surface area contributed by atoms with Gasteiger partial charge in [0, 0.05) is 5.56 Å². The fourth-order valence-corrected chi connectivity index (χ4v) is 2.95. The van der Waals surface area contributed by atoms with Crippen molar-refractivity contribution in [3.05, 3.63) is 28.7 Å². The van der Waals surface area contributed by atoms with Gasteiger partial charge in [0.2, 0.25) is 0 Å². The molecular weight excluding hydrogens is 378 g/mol. The first-order valence-corrected chi connectivity index (χ1v) is 8.41. The molecule has 1 aromatic carbocycles. The third-order valence-corrected chi connectivity index (χ3v) is 4.37. The van der Waals surface area contributed by atoms with E-state index in [0.29, 0.717) is 23.1 Å². The summed E-state index contributed by atoms with van der Waals surface area (Å²) in [6.07, 6.45) is 1.43. The van der Waals surface area contributed by atoms with Gasteiger partial charge >= 0.3 is 11.9 Å². The van der Waals surface area contributed by atoms with Crippen LogP contribution in [0.1, 0.15) is 5.56 Å². The number of benzene rings is 1. The van der Waals surface area contributed by atoms with Crippen LogP contribution >= 0.6 is 11.8 Å². The highest BCUT2D eigenvalue weighted by Crippen LogP contribution is 2.37. The second-order valence-electron chi connectivity index (χ2n) is 5.09. The third kappa shape index (κ3) is 4.79. The zero-order chi connectivity index (χ0) is 20.0. The van der Waals surface area contributed by atoms with Crippen molar-refractivity contribution in [3.8, 4) is 11.5 Å². The standard InChI is InChI=1S/C17H17NO8S/c1-23-11-6-4-5-10(15(11)26-9-14(20)25-3)7-12-16(21)18(17(22)27-12)8-13(19)24-2/h4-7H,8-9H2,1-3H3/b12-7+. The van der Waals surface area contributed by atoms with Crippen molar-refractivity contribution in [2.24, 2.45) is 0 Å². The van der Waals surface area contributed by atoms with E-state index in [2.05, 4.69) is 9.47 Å². The van der Waals surface area contributed by atoms with Crippen LogP contribution in [0.5, 0.6) is 11.5 Å². The van der Waals surface area contributed by atoms with E-state index < -0.39 is 29.6 Å². The first kappa shape index (κ1) is 20.3. The van der Waals surface area contributed by atoms with Crippen molar-refractivity contribution in [1.29, 1.82) is 0 Å². The second kappa shape index (κ2) is 9.08. The molecule has 144 valence electrons. The van der Waals surface area contributed by atoms with E-state index in [-0.39, 0.29) is 17.3 Å². The van der Waals surface area contributed by atoms with Gasteiger partial charge < -0.3 is 18.9 Å². The number of carbonyl (C=O) groups is 4. The maximum Gasteiger partial charge on any atom is 0.343 e. The Labute approximate surface area is 159 Å². The Hall–Kier alpha value is -3.01. The number of methoxy groups -OCH3 is 3. The highest BCUT2D eigenvalue weighted by molar-refractivity contribution is 8.18. The lowest BCUT2D eigenvalue weighted by molar-refractivity contribution is -0.143. The molecule has 9 nitrogen and oxygen atoms in total. The number of hydrogen-bond donors (Lipinski definition) is 0. The molecule has 0 aliphatic carbocycles. The molecule has 2 amide bonds. The molecule has 0 radical (unpaired) electrons. The summed E-state index contributed by atoms with van der Waals surface area (Å²) in [5.41, 5.74) is 0.418. The quantitative estimate of drug-likeness (QED) is 0.501. The van der Waals surface area contributed by atoms with Crippen molar-refractivity contribution in [3.63, 3.8) is 0 Å². The number of esters is 2. The van der Waals surface area contributed by atoms with Crippen LogP contribution in [0, 0.1) is 0 Å². The minimum absolute atomic E-state index is 0.0973. The Morgan fingerprint density at radius 3 is 2.44 bits per heavy atom. The van der Waals surface area contributed by atoms with Gasteiger partial charge in [-0.3, -0.25) is 19.3 Å². The van der Waals surface area contributed by atoms with E-state index in [9.17, 15) is 19.2 Å². The summed E-state index contributed by atoms with van der Waals surface area (Å²) in [5.74, 6) is -1.38. The van der Waals surface area contributed by atoms with E-state index in [4.69, 9.17) is 9.47 Å². The highest BCUT2D eigenvalue weighted by Gasteiger charge is 2.36. The molecule has 1 saturated heterocycles. The molecule has 1 heterocycles. The van der Waals surface area contributed by atoms with Crippen LogP contribution in [0.3, 0.4) is 0 Å². The molecule has 27 heavy (non-hydrogen) atoms. The van der Waals surface area contributed by atoms with Crippen molar-refractivity contribution in [1.82, 2.24) is 4.90 Å². The smallest absolute Gasteiger partial charge is 0.343 e. The Bertz CT molecular complexity index is 804. The van der Waals surface area contributed by atoms with E-state index >= 15 is 0 Å². The average molecular weight is 395 g/mol. The molecule has 0 unspecified atom stereocenters.